The minimum atomic E-state index is -0.370. The van der Waals surface area contributed by atoms with Crippen LogP contribution in [0.1, 0.15) is 47.2 Å². The van der Waals surface area contributed by atoms with Crippen LogP contribution in [0.3, 0.4) is 0 Å². The zero-order valence-corrected chi connectivity index (χ0v) is 25.0. The van der Waals surface area contributed by atoms with E-state index in [9.17, 15) is 14.4 Å². The molecule has 2 unspecified atom stereocenters. The molecule has 216 valence electrons. The smallest absolute Gasteiger partial charge is 0.414 e. The molecule has 1 aromatic carbocycles. The molecule has 3 fully saturated rings. The van der Waals surface area contributed by atoms with E-state index in [2.05, 4.69) is 9.88 Å². The fraction of sp³-hybridized carbons (Fsp3) is 0.586. The lowest BCUT2D eigenvalue weighted by molar-refractivity contribution is -0.130. The molecule has 3 amide bonds. The van der Waals surface area contributed by atoms with E-state index < -0.39 is 0 Å². The van der Waals surface area contributed by atoms with Crippen molar-refractivity contribution in [3.05, 3.63) is 44.9 Å². The Morgan fingerprint density at radius 1 is 1.07 bits per heavy atom. The summed E-state index contributed by atoms with van der Waals surface area (Å²) in [6.07, 6.45) is 1.51. The number of fused-ring (bicyclic) bond motifs is 1. The predicted molar refractivity (Wildman–Crippen MR) is 156 cm³/mol. The SMILES string of the molecule is CC(=O)N1CCC(OC(=O)N(CCCN2CC3CN(C(=O)c4csc(C)n4)CC3C2)c2ccc(C)c(Cl)c2)CC1. The lowest BCUT2D eigenvalue weighted by Gasteiger charge is -2.32. The quantitative estimate of drug-likeness (QED) is 0.475. The first kappa shape index (κ1) is 28.8. The van der Waals surface area contributed by atoms with Crippen LogP contribution in [0.4, 0.5) is 10.5 Å². The number of thiazole rings is 1. The first-order valence-electron chi connectivity index (χ1n) is 14.1. The first-order chi connectivity index (χ1) is 19.2. The van der Waals surface area contributed by atoms with Crippen molar-refractivity contribution < 1.29 is 19.1 Å². The summed E-state index contributed by atoms with van der Waals surface area (Å²) < 4.78 is 5.91. The van der Waals surface area contributed by atoms with Gasteiger partial charge in [-0.05, 0) is 56.3 Å². The number of amides is 3. The molecule has 40 heavy (non-hydrogen) atoms. The monoisotopic (exact) mass is 587 g/mol. The Bertz CT molecular complexity index is 1230. The van der Waals surface area contributed by atoms with Crippen LogP contribution in [0, 0.1) is 25.7 Å². The highest BCUT2D eigenvalue weighted by molar-refractivity contribution is 7.09. The highest BCUT2D eigenvalue weighted by Crippen LogP contribution is 2.32. The van der Waals surface area contributed by atoms with Gasteiger partial charge in [-0.2, -0.15) is 0 Å². The van der Waals surface area contributed by atoms with Crippen LogP contribution in [0.15, 0.2) is 23.6 Å². The maximum Gasteiger partial charge on any atom is 0.414 e. The minimum absolute atomic E-state index is 0.0446. The molecule has 2 atom stereocenters. The standard InChI is InChI=1S/C29H38ClN5O4S/c1-19-5-6-24(13-26(19)30)35(29(38)39-25-7-11-33(12-8-25)21(3)36)10-4-9-32-14-22-16-34(17-23(22)15-32)28(37)27-18-40-20(2)31-27/h5-6,13,18,22-23,25H,4,7-12,14-17H2,1-3H3. The normalized spacial score (nSPS) is 21.5. The molecule has 3 aliphatic heterocycles. The van der Waals surface area contributed by atoms with E-state index >= 15 is 0 Å². The van der Waals surface area contributed by atoms with Crippen LogP contribution in [0.2, 0.25) is 5.02 Å². The van der Waals surface area contributed by atoms with Crippen molar-refractivity contribution in [2.24, 2.45) is 11.8 Å². The third-order valence-corrected chi connectivity index (χ3v) is 9.57. The van der Waals surface area contributed by atoms with E-state index in [-0.39, 0.29) is 24.0 Å². The van der Waals surface area contributed by atoms with Crippen LogP contribution in [-0.4, -0.2) is 96.1 Å². The molecule has 5 rings (SSSR count). The molecule has 9 nitrogen and oxygen atoms in total. The van der Waals surface area contributed by atoms with E-state index in [1.54, 1.807) is 16.7 Å². The number of carbonyl (C=O) groups is 3. The van der Waals surface area contributed by atoms with Gasteiger partial charge in [0.25, 0.3) is 5.91 Å². The topological polar surface area (TPSA) is 86.3 Å². The fourth-order valence-corrected chi connectivity index (χ4v) is 6.85. The number of benzene rings is 1. The van der Waals surface area contributed by atoms with Crippen LogP contribution in [0.25, 0.3) is 0 Å². The molecule has 0 N–H and O–H groups in total. The number of carbonyl (C=O) groups excluding carboxylic acids is 3. The highest BCUT2D eigenvalue weighted by atomic mass is 35.5. The molecule has 0 saturated carbocycles. The largest absolute Gasteiger partial charge is 0.446 e. The maximum atomic E-state index is 13.4. The van der Waals surface area contributed by atoms with Crippen molar-refractivity contribution in [3.8, 4) is 0 Å². The lowest BCUT2D eigenvalue weighted by Crippen LogP contribution is -2.43. The van der Waals surface area contributed by atoms with Gasteiger partial charge in [0, 0.05) is 81.7 Å². The molecule has 0 spiro atoms. The molecule has 0 aliphatic carbocycles. The van der Waals surface area contributed by atoms with Crippen LogP contribution >= 0.6 is 22.9 Å². The highest BCUT2D eigenvalue weighted by Gasteiger charge is 2.42. The predicted octanol–water partition coefficient (Wildman–Crippen LogP) is 4.46. The number of nitrogens with zero attached hydrogens (tertiary/aromatic N) is 5. The Hall–Kier alpha value is -2.69. The van der Waals surface area contributed by atoms with Gasteiger partial charge in [-0.3, -0.25) is 14.5 Å². The van der Waals surface area contributed by atoms with E-state index in [0.29, 0.717) is 55.0 Å². The molecule has 2 aromatic rings. The number of aromatic nitrogens is 1. The number of likely N-dealkylation sites (tertiary alicyclic amines) is 3. The molecular formula is C29H38ClN5O4S. The van der Waals surface area contributed by atoms with E-state index in [0.717, 1.165) is 55.4 Å². The lowest BCUT2D eigenvalue weighted by atomic mass is 10.0. The second-order valence-corrected chi connectivity index (χ2v) is 12.7. The Morgan fingerprint density at radius 3 is 2.38 bits per heavy atom. The van der Waals surface area contributed by atoms with Crippen molar-refractivity contribution in [2.45, 2.75) is 46.1 Å². The number of hydrogen-bond acceptors (Lipinski definition) is 7. The van der Waals surface area contributed by atoms with Gasteiger partial charge in [0.05, 0.1) is 5.01 Å². The van der Waals surface area contributed by atoms with Gasteiger partial charge in [-0.1, -0.05) is 17.7 Å². The van der Waals surface area contributed by atoms with E-state index in [1.807, 2.05) is 42.3 Å². The third-order valence-electron chi connectivity index (χ3n) is 8.39. The van der Waals surface area contributed by atoms with Crippen molar-refractivity contribution in [2.75, 3.05) is 57.3 Å². The van der Waals surface area contributed by atoms with Gasteiger partial charge in [-0.15, -0.1) is 11.3 Å². The van der Waals surface area contributed by atoms with Crippen molar-refractivity contribution in [3.63, 3.8) is 0 Å². The summed E-state index contributed by atoms with van der Waals surface area (Å²) in [6.45, 7) is 11.5. The number of rotatable bonds is 7. The number of anilines is 1. The number of ether oxygens (including phenoxy) is 1. The molecule has 4 heterocycles. The average molecular weight is 588 g/mol. The number of hydrogen-bond donors (Lipinski definition) is 0. The summed E-state index contributed by atoms with van der Waals surface area (Å²) in [5.41, 5.74) is 2.25. The van der Waals surface area contributed by atoms with E-state index in [4.69, 9.17) is 16.3 Å². The second kappa shape index (κ2) is 12.4. The molecule has 0 bridgehead atoms. The van der Waals surface area contributed by atoms with Gasteiger partial charge < -0.3 is 19.4 Å². The summed E-state index contributed by atoms with van der Waals surface area (Å²) in [7, 11) is 0. The fourth-order valence-electron chi connectivity index (χ4n) is 6.08. The summed E-state index contributed by atoms with van der Waals surface area (Å²) in [5.74, 6) is 1.05. The molecule has 3 aliphatic rings. The van der Waals surface area contributed by atoms with Crippen molar-refractivity contribution in [1.82, 2.24) is 19.7 Å². The van der Waals surface area contributed by atoms with Gasteiger partial charge in [0.2, 0.25) is 5.91 Å². The zero-order valence-electron chi connectivity index (χ0n) is 23.5. The summed E-state index contributed by atoms with van der Waals surface area (Å²) in [6, 6.07) is 5.66. The molecule has 0 radical (unpaired) electrons. The summed E-state index contributed by atoms with van der Waals surface area (Å²) in [4.78, 5) is 50.1. The third kappa shape index (κ3) is 6.61. The number of aryl methyl sites for hydroxylation is 2. The molecule has 3 saturated heterocycles. The Labute approximate surface area is 245 Å². The maximum absolute atomic E-state index is 13.4. The average Bonchev–Trinajstić information content (AvgIpc) is 3.63. The van der Waals surface area contributed by atoms with Gasteiger partial charge >= 0.3 is 6.09 Å². The molecule has 1 aromatic heterocycles. The number of piperidine rings is 1. The summed E-state index contributed by atoms with van der Waals surface area (Å²) in [5, 5.41) is 3.38. The molecular weight excluding hydrogens is 550 g/mol. The van der Waals surface area contributed by atoms with Gasteiger partial charge in [-0.25, -0.2) is 9.78 Å². The summed E-state index contributed by atoms with van der Waals surface area (Å²) >= 11 is 7.92. The van der Waals surface area contributed by atoms with Gasteiger partial charge in [0.15, 0.2) is 0 Å². The Morgan fingerprint density at radius 2 is 1.77 bits per heavy atom. The minimum Gasteiger partial charge on any atom is -0.446 e. The van der Waals surface area contributed by atoms with Crippen LogP contribution in [0.5, 0.6) is 0 Å². The van der Waals surface area contributed by atoms with Crippen LogP contribution < -0.4 is 4.90 Å². The molecule has 11 heteroatoms. The zero-order chi connectivity index (χ0) is 28.4. The number of halogens is 1. The van der Waals surface area contributed by atoms with Crippen molar-refractivity contribution >= 4 is 46.5 Å². The Balaban J connectivity index is 1.14. The first-order valence-corrected chi connectivity index (χ1v) is 15.4. The van der Waals surface area contributed by atoms with E-state index in [1.165, 1.54) is 11.3 Å². The Kier molecular flexibility index (Phi) is 8.97. The van der Waals surface area contributed by atoms with Crippen LogP contribution in [-0.2, 0) is 9.53 Å². The van der Waals surface area contributed by atoms with Gasteiger partial charge in [0.1, 0.15) is 11.8 Å². The van der Waals surface area contributed by atoms with Crippen molar-refractivity contribution in [1.29, 1.82) is 0 Å². The second-order valence-electron chi connectivity index (χ2n) is 11.3.